The molecule has 0 amide bonds. The predicted octanol–water partition coefficient (Wildman–Crippen LogP) is 1.49. The van der Waals surface area contributed by atoms with Crippen LogP contribution >= 0.6 is 0 Å². The van der Waals surface area contributed by atoms with Crippen molar-refractivity contribution in [2.45, 2.75) is 46.7 Å². The third-order valence-corrected chi connectivity index (χ3v) is 4.70. The quantitative estimate of drug-likeness (QED) is 0.771. The smallest absolute Gasteiger partial charge is 0.327 e. The lowest BCUT2D eigenvalue weighted by molar-refractivity contribution is -0.144. The van der Waals surface area contributed by atoms with E-state index in [-0.39, 0.29) is 12.5 Å². The first-order valence-corrected chi connectivity index (χ1v) is 8.60. The highest BCUT2D eigenvalue weighted by Gasteiger charge is 2.21. The van der Waals surface area contributed by atoms with E-state index in [1.54, 1.807) is 4.68 Å². The molecule has 6 heteroatoms. The molecule has 2 rings (SSSR count). The van der Waals surface area contributed by atoms with Crippen LogP contribution in [0, 0.1) is 19.8 Å². The number of nitrogens with one attached hydrogen (secondary N) is 1. The van der Waals surface area contributed by atoms with Crippen molar-refractivity contribution < 1.29 is 9.53 Å². The fourth-order valence-corrected chi connectivity index (χ4v) is 3.31. The van der Waals surface area contributed by atoms with E-state index in [2.05, 4.69) is 15.3 Å². The minimum Gasteiger partial charge on any atom is -0.465 e. The topological polar surface area (TPSA) is 59.4 Å². The van der Waals surface area contributed by atoms with Gasteiger partial charge >= 0.3 is 5.97 Å². The lowest BCUT2D eigenvalue weighted by Gasteiger charge is -2.31. The van der Waals surface area contributed by atoms with E-state index < -0.39 is 0 Å². The van der Waals surface area contributed by atoms with Gasteiger partial charge in [-0.1, -0.05) is 0 Å². The van der Waals surface area contributed by atoms with Crippen LogP contribution in [0.15, 0.2) is 0 Å². The number of ether oxygens (including phenoxy) is 1. The number of carbonyl (C=O) groups excluding carboxylic acids is 1. The Bertz CT molecular complexity index is 519. The number of hydrogen-bond acceptors (Lipinski definition) is 5. The summed E-state index contributed by atoms with van der Waals surface area (Å²) in [5.41, 5.74) is 3.35. The molecule has 0 spiro atoms. The Kier molecular flexibility index (Phi) is 6.59. The van der Waals surface area contributed by atoms with Gasteiger partial charge in [0.1, 0.15) is 6.54 Å². The largest absolute Gasteiger partial charge is 0.465 e. The average Bonchev–Trinajstić information content (AvgIpc) is 2.77. The Labute approximate surface area is 139 Å². The maximum atomic E-state index is 11.7. The summed E-state index contributed by atoms with van der Waals surface area (Å²) < 4.78 is 6.79. The molecule has 1 aromatic rings. The average molecular weight is 322 g/mol. The molecule has 0 saturated carbocycles. The molecule has 1 saturated heterocycles. The number of carbonyl (C=O) groups is 1. The second kappa shape index (κ2) is 8.45. The first-order valence-electron chi connectivity index (χ1n) is 8.60. The van der Waals surface area contributed by atoms with Crippen LogP contribution in [0.25, 0.3) is 0 Å². The second-order valence-corrected chi connectivity index (χ2v) is 6.39. The summed E-state index contributed by atoms with van der Waals surface area (Å²) in [6.07, 6.45) is 2.49. The van der Waals surface area contributed by atoms with Crippen molar-refractivity contribution >= 4 is 5.97 Å². The number of hydrogen-bond donors (Lipinski definition) is 1. The van der Waals surface area contributed by atoms with Crippen molar-refractivity contribution in [2.24, 2.45) is 5.92 Å². The van der Waals surface area contributed by atoms with Crippen LogP contribution in [-0.2, 0) is 22.6 Å². The molecule has 0 atom stereocenters. The Hall–Kier alpha value is -1.40. The number of nitrogens with zero attached hydrogens (tertiary/aromatic N) is 3. The fourth-order valence-electron chi connectivity index (χ4n) is 3.31. The molecule has 1 aliphatic heterocycles. The van der Waals surface area contributed by atoms with Gasteiger partial charge in [0, 0.05) is 17.8 Å². The SMILES string of the molecule is CCOC(=O)Cn1nc(C)c(CN2CCC(CNC)CC2)c1C. The van der Waals surface area contributed by atoms with Gasteiger partial charge in [-0.3, -0.25) is 14.4 Å². The Balaban J connectivity index is 1.95. The van der Waals surface area contributed by atoms with Crippen LogP contribution in [0.5, 0.6) is 0 Å². The van der Waals surface area contributed by atoms with E-state index in [0.29, 0.717) is 6.61 Å². The van der Waals surface area contributed by atoms with Crippen LogP contribution < -0.4 is 5.32 Å². The summed E-state index contributed by atoms with van der Waals surface area (Å²) in [6, 6.07) is 0. The molecular formula is C17H30N4O2. The van der Waals surface area contributed by atoms with Gasteiger partial charge in [-0.05, 0) is 66.2 Å². The van der Waals surface area contributed by atoms with Gasteiger partial charge in [0.05, 0.1) is 12.3 Å². The first-order chi connectivity index (χ1) is 11.0. The number of esters is 1. The Morgan fingerprint density at radius 3 is 2.65 bits per heavy atom. The van der Waals surface area contributed by atoms with Crippen molar-refractivity contribution in [3.05, 3.63) is 17.0 Å². The molecule has 0 bridgehead atoms. The van der Waals surface area contributed by atoms with Gasteiger partial charge in [-0.15, -0.1) is 0 Å². The zero-order chi connectivity index (χ0) is 16.8. The molecule has 1 aliphatic rings. The first kappa shape index (κ1) is 17.9. The molecule has 2 heterocycles. The summed E-state index contributed by atoms with van der Waals surface area (Å²) in [7, 11) is 2.02. The minimum absolute atomic E-state index is 0.199. The van der Waals surface area contributed by atoms with Crippen LogP contribution in [0.4, 0.5) is 0 Å². The van der Waals surface area contributed by atoms with E-state index in [1.807, 2.05) is 27.8 Å². The summed E-state index contributed by atoms with van der Waals surface area (Å²) in [4.78, 5) is 14.2. The van der Waals surface area contributed by atoms with Gasteiger partial charge in [0.2, 0.25) is 0 Å². The van der Waals surface area contributed by atoms with Crippen molar-refractivity contribution in [1.29, 1.82) is 0 Å². The van der Waals surface area contributed by atoms with Crippen molar-refractivity contribution in [3.8, 4) is 0 Å². The van der Waals surface area contributed by atoms with Gasteiger partial charge in [0.15, 0.2) is 0 Å². The van der Waals surface area contributed by atoms with Crippen LogP contribution in [0.2, 0.25) is 0 Å². The Morgan fingerprint density at radius 1 is 1.35 bits per heavy atom. The highest BCUT2D eigenvalue weighted by atomic mass is 16.5. The maximum Gasteiger partial charge on any atom is 0.327 e. The zero-order valence-electron chi connectivity index (χ0n) is 14.9. The van der Waals surface area contributed by atoms with Crippen molar-refractivity contribution in [2.75, 3.05) is 33.3 Å². The molecule has 0 unspecified atom stereocenters. The van der Waals surface area contributed by atoms with E-state index in [4.69, 9.17) is 4.74 Å². The van der Waals surface area contributed by atoms with E-state index >= 15 is 0 Å². The molecule has 6 nitrogen and oxygen atoms in total. The lowest BCUT2D eigenvalue weighted by atomic mass is 9.96. The number of piperidine rings is 1. The molecule has 130 valence electrons. The molecular weight excluding hydrogens is 292 g/mol. The highest BCUT2D eigenvalue weighted by molar-refractivity contribution is 5.69. The van der Waals surface area contributed by atoms with Gasteiger partial charge < -0.3 is 10.1 Å². The van der Waals surface area contributed by atoms with Crippen LogP contribution in [0.3, 0.4) is 0 Å². The summed E-state index contributed by atoms with van der Waals surface area (Å²) in [5.74, 6) is 0.572. The predicted molar refractivity (Wildman–Crippen MR) is 90.3 cm³/mol. The highest BCUT2D eigenvalue weighted by Crippen LogP contribution is 2.21. The van der Waals surface area contributed by atoms with Crippen molar-refractivity contribution in [3.63, 3.8) is 0 Å². The summed E-state index contributed by atoms with van der Waals surface area (Å²) in [5, 5.41) is 7.80. The number of likely N-dealkylation sites (tertiary alicyclic amines) is 1. The Morgan fingerprint density at radius 2 is 2.04 bits per heavy atom. The standard InChI is InChI=1S/C17H30N4O2/c1-5-23-17(22)12-21-14(3)16(13(2)19-21)11-20-8-6-15(7-9-20)10-18-4/h15,18H,5-12H2,1-4H3. The number of aromatic nitrogens is 2. The third-order valence-electron chi connectivity index (χ3n) is 4.70. The van der Waals surface area contributed by atoms with E-state index in [0.717, 1.165) is 43.5 Å². The fraction of sp³-hybridized carbons (Fsp3) is 0.765. The molecule has 23 heavy (non-hydrogen) atoms. The molecule has 1 N–H and O–H groups in total. The monoisotopic (exact) mass is 322 g/mol. The zero-order valence-corrected chi connectivity index (χ0v) is 14.9. The summed E-state index contributed by atoms with van der Waals surface area (Å²) in [6.45, 7) is 10.8. The molecule has 0 radical (unpaired) electrons. The van der Waals surface area contributed by atoms with Gasteiger partial charge in [-0.25, -0.2) is 0 Å². The van der Waals surface area contributed by atoms with Gasteiger partial charge in [-0.2, -0.15) is 5.10 Å². The molecule has 0 aliphatic carbocycles. The molecule has 0 aromatic carbocycles. The van der Waals surface area contributed by atoms with Gasteiger partial charge in [0.25, 0.3) is 0 Å². The minimum atomic E-state index is -0.225. The van der Waals surface area contributed by atoms with Crippen LogP contribution in [0.1, 0.15) is 36.7 Å². The normalized spacial score (nSPS) is 16.7. The van der Waals surface area contributed by atoms with E-state index in [9.17, 15) is 4.79 Å². The summed E-state index contributed by atoms with van der Waals surface area (Å²) >= 11 is 0. The van der Waals surface area contributed by atoms with Crippen molar-refractivity contribution in [1.82, 2.24) is 20.0 Å². The molecule has 1 aromatic heterocycles. The molecule has 1 fully saturated rings. The van der Waals surface area contributed by atoms with E-state index in [1.165, 1.54) is 18.4 Å². The second-order valence-electron chi connectivity index (χ2n) is 6.39. The van der Waals surface area contributed by atoms with Crippen LogP contribution in [-0.4, -0.2) is 53.9 Å². The lowest BCUT2D eigenvalue weighted by Crippen LogP contribution is -2.36. The number of aryl methyl sites for hydroxylation is 1. The number of rotatable bonds is 7. The third kappa shape index (κ3) is 4.78. The maximum absolute atomic E-state index is 11.7.